The predicted octanol–water partition coefficient (Wildman–Crippen LogP) is 1.81. The summed E-state index contributed by atoms with van der Waals surface area (Å²) in [5, 5.41) is 0. The van der Waals surface area contributed by atoms with Crippen LogP contribution < -0.4 is 20.9 Å². The van der Waals surface area contributed by atoms with E-state index in [-0.39, 0.29) is 23.4 Å². The first-order valence-electron chi connectivity index (χ1n) is 10.6. The molecular formula is C23H30N6O5. The van der Waals surface area contributed by atoms with Gasteiger partial charge in [0.15, 0.2) is 0 Å². The molecule has 0 radical (unpaired) electrons. The number of aliphatic imine (C=N–C) groups is 1. The SMILES string of the molecule is COCC(C)Oc1cc(Oc2cnc(C)cn2)cc(C(=O)N=C(N)/C=C\N)c1.O=CN1CCC1. The van der Waals surface area contributed by atoms with Crippen molar-refractivity contribution >= 4 is 18.2 Å². The van der Waals surface area contributed by atoms with Gasteiger partial charge in [-0.1, -0.05) is 0 Å². The van der Waals surface area contributed by atoms with E-state index < -0.39 is 5.91 Å². The quantitative estimate of drug-likeness (QED) is 0.317. The summed E-state index contributed by atoms with van der Waals surface area (Å²) in [7, 11) is 1.58. The number of likely N-dealkylation sites (tertiary alicyclic amines) is 1. The summed E-state index contributed by atoms with van der Waals surface area (Å²) in [6.45, 7) is 5.99. The summed E-state index contributed by atoms with van der Waals surface area (Å²) in [6.07, 6.45) is 7.42. The average Bonchev–Trinajstić information content (AvgIpc) is 2.75. The third-order valence-corrected chi connectivity index (χ3v) is 4.38. The normalized spacial score (nSPS) is 14.0. The van der Waals surface area contributed by atoms with E-state index in [0.717, 1.165) is 25.2 Å². The molecule has 34 heavy (non-hydrogen) atoms. The summed E-state index contributed by atoms with van der Waals surface area (Å²) >= 11 is 0. The molecule has 3 rings (SSSR count). The van der Waals surface area contributed by atoms with Crippen molar-refractivity contribution in [1.29, 1.82) is 0 Å². The number of ether oxygens (including phenoxy) is 3. The van der Waals surface area contributed by atoms with Gasteiger partial charge in [-0.15, -0.1) is 0 Å². The van der Waals surface area contributed by atoms with Crippen LogP contribution in [0, 0.1) is 6.92 Å². The molecule has 182 valence electrons. The maximum Gasteiger partial charge on any atom is 0.279 e. The van der Waals surface area contributed by atoms with Crippen LogP contribution in [0.1, 0.15) is 29.4 Å². The van der Waals surface area contributed by atoms with E-state index in [1.165, 1.54) is 31.0 Å². The summed E-state index contributed by atoms with van der Waals surface area (Å²) < 4.78 is 16.6. The van der Waals surface area contributed by atoms with Gasteiger partial charge in [0, 0.05) is 31.8 Å². The van der Waals surface area contributed by atoms with Crippen LogP contribution in [0.3, 0.4) is 0 Å². The van der Waals surface area contributed by atoms with Crippen molar-refractivity contribution in [3.63, 3.8) is 0 Å². The van der Waals surface area contributed by atoms with Crippen molar-refractivity contribution < 1.29 is 23.8 Å². The lowest BCUT2D eigenvalue weighted by Crippen LogP contribution is -2.35. The third-order valence-electron chi connectivity index (χ3n) is 4.38. The Bertz CT molecular complexity index is 1010. The molecule has 0 spiro atoms. The monoisotopic (exact) mass is 470 g/mol. The van der Waals surface area contributed by atoms with E-state index in [0.29, 0.717) is 18.1 Å². The number of aromatic nitrogens is 2. The van der Waals surface area contributed by atoms with Gasteiger partial charge in [0.25, 0.3) is 5.91 Å². The maximum atomic E-state index is 12.4. The van der Waals surface area contributed by atoms with Gasteiger partial charge in [0.1, 0.15) is 23.4 Å². The number of nitrogens with zero attached hydrogens (tertiary/aromatic N) is 4. The van der Waals surface area contributed by atoms with E-state index in [9.17, 15) is 9.59 Å². The Hall–Kier alpha value is -3.99. The molecule has 1 atom stereocenters. The van der Waals surface area contributed by atoms with Crippen molar-refractivity contribution in [2.24, 2.45) is 16.5 Å². The lowest BCUT2D eigenvalue weighted by Gasteiger charge is -2.25. The van der Waals surface area contributed by atoms with Crippen molar-refractivity contribution in [2.45, 2.75) is 26.4 Å². The van der Waals surface area contributed by atoms with Crippen molar-refractivity contribution in [1.82, 2.24) is 14.9 Å². The van der Waals surface area contributed by atoms with Crippen LogP contribution in [0.15, 0.2) is 47.9 Å². The summed E-state index contributed by atoms with van der Waals surface area (Å²) in [5.41, 5.74) is 11.9. The second kappa shape index (κ2) is 13.5. The highest BCUT2D eigenvalue weighted by atomic mass is 16.5. The molecule has 1 aliphatic heterocycles. The van der Waals surface area contributed by atoms with Gasteiger partial charge in [0.2, 0.25) is 12.3 Å². The van der Waals surface area contributed by atoms with Gasteiger partial charge in [-0.25, -0.2) is 4.98 Å². The number of nitrogens with two attached hydrogens (primary N) is 2. The number of carbonyl (C=O) groups is 2. The highest BCUT2D eigenvalue weighted by Crippen LogP contribution is 2.27. The lowest BCUT2D eigenvalue weighted by molar-refractivity contribution is -0.121. The second-order valence-corrected chi connectivity index (χ2v) is 7.37. The number of rotatable bonds is 9. The van der Waals surface area contributed by atoms with E-state index in [2.05, 4.69) is 15.0 Å². The Morgan fingerprint density at radius 3 is 2.50 bits per heavy atom. The zero-order valence-corrected chi connectivity index (χ0v) is 19.5. The third kappa shape index (κ3) is 8.87. The number of amidine groups is 1. The van der Waals surface area contributed by atoms with Gasteiger partial charge in [-0.05, 0) is 44.7 Å². The van der Waals surface area contributed by atoms with Crippen LogP contribution in [0.4, 0.5) is 0 Å². The van der Waals surface area contributed by atoms with E-state index in [1.54, 1.807) is 30.3 Å². The van der Waals surface area contributed by atoms with Crippen LogP contribution in [-0.4, -0.2) is 65.9 Å². The van der Waals surface area contributed by atoms with E-state index in [4.69, 9.17) is 25.7 Å². The molecule has 2 heterocycles. The molecule has 1 fully saturated rings. The lowest BCUT2D eigenvalue weighted by atomic mass is 10.2. The first-order chi connectivity index (χ1) is 16.3. The fraction of sp³-hybridized carbons (Fsp3) is 0.348. The summed E-state index contributed by atoms with van der Waals surface area (Å²) in [5.74, 6) is 0.444. The fourth-order valence-electron chi connectivity index (χ4n) is 2.64. The number of amides is 2. The molecule has 11 nitrogen and oxygen atoms in total. The van der Waals surface area contributed by atoms with Gasteiger partial charge in [-0.2, -0.15) is 4.99 Å². The number of carbonyl (C=O) groups excluding carboxylic acids is 2. The minimum absolute atomic E-state index is 0.0153. The molecule has 1 aromatic carbocycles. The molecule has 4 N–H and O–H groups in total. The Morgan fingerprint density at radius 2 is 1.97 bits per heavy atom. The molecule has 2 aromatic rings. The number of hydrogen-bond donors (Lipinski definition) is 2. The van der Waals surface area contributed by atoms with Crippen molar-refractivity contribution in [3.8, 4) is 17.4 Å². The molecule has 0 saturated carbocycles. The smallest absolute Gasteiger partial charge is 0.279 e. The number of benzene rings is 1. The maximum absolute atomic E-state index is 12.4. The van der Waals surface area contributed by atoms with Crippen molar-refractivity contribution in [2.75, 3.05) is 26.8 Å². The van der Waals surface area contributed by atoms with E-state index >= 15 is 0 Å². The van der Waals surface area contributed by atoms with Gasteiger partial charge < -0.3 is 30.6 Å². The van der Waals surface area contributed by atoms with Gasteiger partial charge in [0.05, 0.1) is 24.7 Å². The highest BCUT2D eigenvalue weighted by Gasteiger charge is 2.13. The summed E-state index contributed by atoms with van der Waals surface area (Å²) in [6, 6.07) is 4.70. The van der Waals surface area contributed by atoms with E-state index in [1.807, 2.05) is 13.8 Å². The summed E-state index contributed by atoms with van der Waals surface area (Å²) in [4.78, 5) is 35.9. The molecule has 0 bridgehead atoms. The van der Waals surface area contributed by atoms with Crippen LogP contribution in [-0.2, 0) is 9.53 Å². The standard InChI is InChI=1S/C19H23N5O4.C4H7NO/c1-12-9-23-18(10-22-12)28-16-7-14(19(25)24-17(21)4-5-20)6-15(8-16)27-13(2)11-26-3;6-4-5-2-1-3-5/h4-10,13H,11,20H2,1-3H3,(H2,21,24,25);4H,1-3H2/b5-4-;. The Labute approximate surface area is 198 Å². The molecule has 1 aromatic heterocycles. The van der Waals surface area contributed by atoms with Crippen molar-refractivity contribution in [3.05, 3.63) is 54.1 Å². The molecule has 1 aliphatic rings. The molecular weight excluding hydrogens is 440 g/mol. The largest absolute Gasteiger partial charge is 0.488 e. The average molecular weight is 471 g/mol. The highest BCUT2D eigenvalue weighted by molar-refractivity contribution is 6.06. The topological polar surface area (TPSA) is 155 Å². The predicted molar refractivity (Wildman–Crippen MR) is 127 cm³/mol. The molecule has 1 saturated heterocycles. The van der Waals surface area contributed by atoms with Gasteiger partial charge >= 0.3 is 0 Å². The minimum Gasteiger partial charge on any atom is -0.488 e. The van der Waals surface area contributed by atoms with Crippen LogP contribution in [0.25, 0.3) is 0 Å². The first-order valence-corrected chi connectivity index (χ1v) is 10.6. The number of methoxy groups -OCH3 is 1. The molecule has 1 unspecified atom stereocenters. The fourth-order valence-corrected chi connectivity index (χ4v) is 2.64. The first kappa shape index (κ1) is 26.3. The van der Waals surface area contributed by atoms with Crippen LogP contribution >= 0.6 is 0 Å². The Kier molecular flexibility index (Phi) is 10.5. The zero-order chi connectivity index (χ0) is 24.9. The Morgan fingerprint density at radius 1 is 1.24 bits per heavy atom. The molecule has 2 amide bonds. The second-order valence-electron chi connectivity index (χ2n) is 7.37. The minimum atomic E-state index is -0.569. The zero-order valence-electron chi connectivity index (χ0n) is 19.5. The molecule has 11 heteroatoms. The number of hydrogen-bond acceptors (Lipinski definition) is 8. The molecule has 0 aliphatic carbocycles. The Balaban J connectivity index is 0.000000589. The van der Waals surface area contributed by atoms with Crippen LogP contribution in [0.2, 0.25) is 0 Å². The van der Waals surface area contributed by atoms with Gasteiger partial charge in [-0.3, -0.25) is 14.6 Å². The van der Waals surface area contributed by atoms with Crippen LogP contribution in [0.5, 0.6) is 17.4 Å². The number of aryl methyl sites for hydroxylation is 1.